The number of rotatable bonds is 20. The van der Waals surface area contributed by atoms with E-state index in [4.69, 9.17) is 56.9 Å². The second-order valence-corrected chi connectivity index (χ2v) is 21.2. The molecule has 382 valence electrons. The molecule has 4 aromatic carbocycles. The Balaban J connectivity index is 0.000000265. The van der Waals surface area contributed by atoms with Gasteiger partial charge in [-0.2, -0.15) is 0 Å². The molecule has 2 saturated carbocycles. The molecule has 0 bridgehead atoms. The number of halogens is 4. The number of benzene rings is 4. The fourth-order valence-corrected chi connectivity index (χ4v) is 10.5. The summed E-state index contributed by atoms with van der Waals surface area (Å²) in [5.74, 6) is -3.13. The SMILES string of the molecule is COC(=O)C(Cc1ccc(NC(=O)c2c(Cl)cccc2Cl)cc1)NC(=O)C1(CCN)CCCC1.CS(=O)(=O)NCCC1(C(=O)NC(Cc2ccc(NC(=O)c3c(Cl)cccc3Cl)cc2)C(=O)O)CCCC1. The molecule has 21 heteroatoms. The lowest BCUT2D eigenvalue weighted by Gasteiger charge is -2.29. The van der Waals surface area contributed by atoms with Gasteiger partial charge in [0.1, 0.15) is 12.1 Å². The van der Waals surface area contributed by atoms with Gasteiger partial charge < -0.3 is 36.8 Å². The van der Waals surface area contributed by atoms with Gasteiger partial charge in [0, 0.05) is 30.8 Å². The number of carboxylic acids is 1. The van der Waals surface area contributed by atoms with E-state index in [2.05, 4.69) is 26.0 Å². The molecule has 0 radical (unpaired) electrons. The normalized spacial score (nSPS) is 15.5. The maximum atomic E-state index is 13.2. The summed E-state index contributed by atoms with van der Waals surface area (Å²) in [6.07, 6.45) is 8.49. The number of anilines is 2. The highest BCUT2D eigenvalue weighted by molar-refractivity contribution is 7.88. The monoisotopic (exact) mass is 1070 g/mol. The molecule has 8 N–H and O–H groups in total. The summed E-state index contributed by atoms with van der Waals surface area (Å²) in [5, 5.41) is 21.7. The zero-order valence-corrected chi connectivity index (χ0v) is 43.1. The quantitative estimate of drug-likeness (QED) is 0.0415. The van der Waals surface area contributed by atoms with Crippen LogP contribution >= 0.6 is 46.4 Å². The minimum atomic E-state index is -3.39. The molecular formula is C50H58Cl4N6O10S. The zero-order chi connectivity index (χ0) is 51.9. The van der Waals surface area contributed by atoms with Crippen molar-refractivity contribution in [2.45, 2.75) is 89.1 Å². The third kappa shape index (κ3) is 15.9. The van der Waals surface area contributed by atoms with Crippen molar-refractivity contribution in [1.82, 2.24) is 15.4 Å². The lowest BCUT2D eigenvalue weighted by molar-refractivity contribution is -0.146. The molecule has 2 fully saturated rings. The highest BCUT2D eigenvalue weighted by Crippen LogP contribution is 2.42. The van der Waals surface area contributed by atoms with E-state index in [9.17, 15) is 42.3 Å². The highest BCUT2D eigenvalue weighted by atomic mass is 35.5. The second-order valence-electron chi connectivity index (χ2n) is 17.7. The van der Waals surface area contributed by atoms with E-state index < -0.39 is 56.7 Å². The number of hydrogen-bond donors (Lipinski definition) is 7. The molecule has 0 saturated heterocycles. The summed E-state index contributed by atoms with van der Waals surface area (Å²) in [7, 11) is -2.10. The maximum Gasteiger partial charge on any atom is 0.328 e. The average molecular weight is 1080 g/mol. The Hall–Kier alpha value is -5.27. The number of carbonyl (C=O) groups excluding carboxylic acids is 5. The van der Waals surface area contributed by atoms with E-state index in [1.165, 1.54) is 7.11 Å². The average Bonchev–Trinajstić information content (AvgIpc) is 4.01. The molecule has 0 heterocycles. The molecule has 71 heavy (non-hydrogen) atoms. The minimum Gasteiger partial charge on any atom is -0.480 e. The molecule has 2 aliphatic rings. The molecular weight excluding hydrogens is 1020 g/mol. The number of aliphatic carboxylic acids is 1. The van der Waals surface area contributed by atoms with Crippen molar-refractivity contribution in [1.29, 1.82) is 0 Å². The lowest BCUT2D eigenvalue weighted by atomic mass is 9.81. The van der Waals surface area contributed by atoms with Crippen LogP contribution in [0.15, 0.2) is 84.9 Å². The Morgan fingerprint density at radius 1 is 0.634 bits per heavy atom. The molecule has 6 rings (SSSR count). The Bertz CT molecular complexity index is 2620. The van der Waals surface area contributed by atoms with Gasteiger partial charge in [0.05, 0.1) is 55.4 Å². The van der Waals surface area contributed by atoms with E-state index in [-0.39, 0.29) is 62.4 Å². The summed E-state index contributed by atoms with van der Waals surface area (Å²) >= 11 is 24.4. The smallest absolute Gasteiger partial charge is 0.328 e. The van der Waals surface area contributed by atoms with Crippen LogP contribution in [0.3, 0.4) is 0 Å². The van der Waals surface area contributed by atoms with E-state index in [0.29, 0.717) is 49.2 Å². The van der Waals surface area contributed by atoms with E-state index in [0.717, 1.165) is 50.3 Å². The van der Waals surface area contributed by atoms with E-state index in [1.807, 2.05) is 0 Å². The third-order valence-electron chi connectivity index (χ3n) is 12.8. The molecule has 2 aliphatic carbocycles. The fourth-order valence-electron chi connectivity index (χ4n) is 8.93. The van der Waals surface area contributed by atoms with Crippen LogP contribution in [0.2, 0.25) is 20.1 Å². The van der Waals surface area contributed by atoms with Crippen molar-refractivity contribution in [3.63, 3.8) is 0 Å². The minimum absolute atomic E-state index is 0.0311. The van der Waals surface area contributed by atoms with Gasteiger partial charge in [-0.1, -0.05) is 108 Å². The van der Waals surface area contributed by atoms with Crippen molar-refractivity contribution in [2.75, 3.05) is 37.1 Å². The first-order valence-electron chi connectivity index (χ1n) is 23.0. The number of esters is 1. The van der Waals surface area contributed by atoms with Gasteiger partial charge in [-0.05, 0) is 105 Å². The number of nitrogens with one attached hydrogen (secondary N) is 5. The van der Waals surface area contributed by atoms with Gasteiger partial charge in [0.15, 0.2) is 0 Å². The Morgan fingerprint density at radius 3 is 1.38 bits per heavy atom. The molecule has 0 aromatic heterocycles. The van der Waals surface area contributed by atoms with Gasteiger partial charge in [-0.25, -0.2) is 22.7 Å². The van der Waals surface area contributed by atoms with E-state index in [1.54, 1.807) is 84.9 Å². The molecule has 4 amide bonds. The van der Waals surface area contributed by atoms with Gasteiger partial charge >= 0.3 is 11.9 Å². The summed E-state index contributed by atoms with van der Waals surface area (Å²) in [6.45, 7) is 0.527. The van der Waals surface area contributed by atoms with E-state index >= 15 is 0 Å². The molecule has 16 nitrogen and oxygen atoms in total. The summed E-state index contributed by atoms with van der Waals surface area (Å²) in [4.78, 5) is 75.8. The van der Waals surface area contributed by atoms with Crippen molar-refractivity contribution >= 4 is 103 Å². The summed E-state index contributed by atoms with van der Waals surface area (Å²) < 4.78 is 30.2. The third-order valence-corrected chi connectivity index (χ3v) is 14.7. The van der Waals surface area contributed by atoms with Crippen LogP contribution in [0, 0.1) is 10.8 Å². The predicted molar refractivity (Wildman–Crippen MR) is 276 cm³/mol. The van der Waals surface area contributed by atoms with Crippen LogP contribution in [0.1, 0.15) is 96.1 Å². The molecule has 4 aromatic rings. The number of amides is 4. The van der Waals surface area contributed by atoms with Gasteiger partial charge in [-0.3, -0.25) is 19.2 Å². The number of ether oxygens (including phenoxy) is 1. The van der Waals surface area contributed by atoms with Crippen LogP contribution < -0.4 is 31.7 Å². The molecule has 0 aliphatic heterocycles. The van der Waals surface area contributed by atoms with Crippen molar-refractivity contribution in [3.05, 3.63) is 127 Å². The van der Waals surface area contributed by atoms with Gasteiger partial charge in [0.2, 0.25) is 21.8 Å². The number of sulfonamides is 1. The number of methoxy groups -OCH3 is 1. The van der Waals surface area contributed by atoms with Crippen molar-refractivity contribution < 1.29 is 47.0 Å². The van der Waals surface area contributed by atoms with Crippen LogP contribution in [0.4, 0.5) is 11.4 Å². The fraction of sp³-hybridized carbons (Fsp3) is 0.400. The Morgan fingerprint density at radius 2 is 1.01 bits per heavy atom. The van der Waals surface area contributed by atoms with Crippen LogP contribution in [0.25, 0.3) is 0 Å². The maximum absolute atomic E-state index is 13.2. The lowest BCUT2D eigenvalue weighted by Crippen LogP contribution is -2.49. The molecule has 2 unspecified atom stereocenters. The van der Waals surface area contributed by atoms with Gasteiger partial charge in [-0.15, -0.1) is 0 Å². The molecule has 0 spiro atoms. The van der Waals surface area contributed by atoms with Crippen LogP contribution in [-0.2, 0) is 46.8 Å². The summed E-state index contributed by atoms with van der Waals surface area (Å²) in [6, 6.07) is 21.1. The topological polar surface area (TPSA) is 252 Å². The highest BCUT2D eigenvalue weighted by Gasteiger charge is 2.43. The van der Waals surface area contributed by atoms with Crippen LogP contribution in [0.5, 0.6) is 0 Å². The number of nitrogens with two attached hydrogens (primary N) is 1. The second kappa shape index (κ2) is 25.9. The predicted octanol–water partition coefficient (Wildman–Crippen LogP) is 8.21. The number of carbonyl (C=O) groups is 6. The van der Waals surface area contributed by atoms with Crippen molar-refractivity contribution in [2.24, 2.45) is 16.6 Å². The van der Waals surface area contributed by atoms with Crippen LogP contribution in [-0.4, -0.2) is 87.6 Å². The Labute approximate surface area is 433 Å². The summed E-state index contributed by atoms with van der Waals surface area (Å²) in [5.41, 5.74) is 7.21. The zero-order valence-electron chi connectivity index (χ0n) is 39.3. The first-order chi connectivity index (χ1) is 33.7. The van der Waals surface area contributed by atoms with Gasteiger partial charge in [0.25, 0.3) is 11.8 Å². The number of carboxylic acid groups (broad SMARTS) is 1. The molecule has 2 atom stereocenters. The first-order valence-corrected chi connectivity index (χ1v) is 26.4. The van der Waals surface area contributed by atoms with Crippen molar-refractivity contribution in [3.8, 4) is 0 Å². The number of hydrogen-bond acceptors (Lipinski definition) is 10. The Kier molecular flexibility index (Phi) is 20.7. The standard InChI is InChI=1S/C25H29Cl2N3O6S.C25H29Cl2N3O4/c1-37(35,36)28-14-13-25(11-2-3-12-25)24(34)30-20(23(32)33)15-16-7-9-17(10-8-16)29-22(31)21-18(26)5-4-6-19(21)27;1-34-23(32)20(30-24(33)25(13-14-28)11-2-3-12-25)15-16-7-9-17(10-8-16)29-22(31)21-18(26)5-4-6-19(21)27/h4-10,20,28H,2-3,11-15H2,1H3,(H,29,31)(H,30,34)(H,32,33);4-10,20H,2-3,11-15,28H2,1H3,(H,29,31)(H,30,33). The first kappa shape index (κ1) is 56.6. The largest absolute Gasteiger partial charge is 0.480 e.